The average molecular weight is 333 g/mol. The van der Waals surface area contributed by atoms with Gasteiger partial charge in [0.15, 0.2) is 6.10 Å². The van der Waals surface area contributed by atoms with Crippen LogP contribution in [0.1, 0.15) is 24.2 Å². The van der Waals surface area contributed by atoms with Gasteiger partial charge in [-0.15, -0.1) is 0 Å². The van der Waals surface area contributed by atoms with Gasteiger partial charge in [-0.1, -0.05) is 6.92 Å². The number of benzene rings is 1. The lowest BCUT2D eigenvalue weighted by molar-refractivity contribution is -0.150. The van der Waals surface area contributed by atoms with Crippen molar-refractivity contribution in [2.45, 2.75) is 19.4 Å². The molecule has 1 unspecified atom stereocenters. The number of rotatable bonds is 5. The summed E-state index contributed by atoms with van der Waals surface area (Å²) in [4.78, 5) is 11.5. The second-order valence-corrected chi connectivity index (χ2v) is 4.58. The predicted octanol–water partition coefficient (Wildman–Crippen LogP) is 2.24. The van der Waals surface area contributed by atoms with E-state index in [-0.39, 0.29) is 0 Å². The molecule has 0 heterocycles. The number of aliphatic hydroxyl groups excluding tert-OH is 1. The van der Waals surface area contributed by atoms with Crippen LogP contribution < -0.4 is 9.47 Å². The van der Waals surface area contributed by atoms with Crippen LogP contribution in [0.4, 0.5) is 0 Å². The first kappa shape index (κ1) is 15.8. The lowest BCUT2D eigenvalue weighted by atomic mass is 10.0. The van der Waals surface area contributed by atoms with Crippen molar-refractivity contribution < 1.29 is 24.1 Å². The van der Waals surface area contributed by atoms with Gasteiger partial charge in [0.05, 0.1) is 21.3 Å². The van der Waals surface area contributed by atoms with Crippen LogP contribution in [0.25, 0.3) is 0 Å². The average Bonchev–Trinajstić information content (AvgIpc) is 2.44. The summed E-state index contributed by atoms with van der Waals surface area (Å²) in [7, 11) is 4.23. The summed E-state index contributed by atoms with van der Waals surface area (Å²) >= 11 is 3.37. The summed E-state index contributed by atoms with van der Waals surface area (Å²) < 4.78 is 15.7. The number of aryl methyl sites for hydroxylation is 1. The first-order valence-electron chi connectivity index (χ1n) is 5.70. The molecule has 6 heteroatoms. The van der Waals surface area contributed by atoms with Crippen molar-refractivity contribution >= 4 is 21.9 Å². The first-order valence-corrected chi connectivity index (χ1v) is 6.50. The molecule has 1 atom stereocenters. The predicted molar refractivity (Wildman–Crippen MR) is 73.6 cm³/mol. The molecule has 5 nitrogen and oxygen atoms in total. The van der Waals surface area contributed by atoms with Gasteiger partial charge in [-0.2, -0.15) is 0 Å². The highest BCUT2D eigenvalue weighted by atomic mass is 79.9. The van der Waals surface area contributed by atoms with Gasteiger partial charge in [0, 0.05) is 5.56 Å². The monoisotopic (exact) mass is 332 g/mol. The van der Waals surface area contributed by atoms with Gasteiger partial charge in [-0.05, 0) is 34.0 Å². The van der Waals surface area contributed by atoms with Crippen molar-refractivity contribution in [2.24, 2.45) is 0 Å². The Morgan fingerprint density at radius 3 is 2.32 bits per heavy atom. The second-order valence-electron chi connectivity index (χ2n) is 3.78. The van der Waals surface area contributed by atoms with E-state index in [1.807, 2.05) is 6.92 Å². The maximum atomic E-state index is 11.5. The Bertz CT molecular complexity index is 473. The SMILES string of the molecule is CCc1cc(C(O)C(=O)OC)c(OC)c(Br)c1OC. The van der Waals surface area contributed by atoms with Crippen molar-refractivity contribution in [3.05, 3.63) is 21.7 Å². The number of ether oxygens (including phenoxy) is 3. The normalized spacial score (nSPS) is 11.9. The summed E-state index contributed by atoms with van der Waals surface area (Å²) in [6.07, 6.45) is -0.709. The van der Waals surface area contributed by atoms with Gasteiger partial charge in [0.25, 0.3) is 0 Å². The molecule has 0 aliphatic carbocycles. The number of carbonyl (C=O) groups is 1. The zero-order valence-corrected chi connectivity index (χ0v) is 12.9. The summed E-state index contributed by atoms with van der Waals surface area (Å²) in [5.74, 6) is 0.240. The quantitative estimate of drug-likeness (QED) is 0.837. The van der Waals surface area contributed by atoms with Gasteiger partial charge < -0.3 is 19.3 Å². The van der Waals surface area contributed by atoms with Crippen LogP contribution in [0.15, 0.2) is 10.5 Å². The molecule has 106 valence electrons. The molecule has 0 aliphatic heterocycles. The molecular weight excluding hydrogens is 316 g/mol. The molecule has 1 N–H and O–H groups in total. The highest BCUT2D eigenvalue weighted by Crippen LogP contribution is 2.42. The van der Waals surface area contributed by atoms with E-state index in [1.54, 1.807) is 13.2 Å². The Morgan fingerprint density at radius 2 is 1.89 bits per heavy atom. The zero-order valence-electron chi connectivity index (χ0n) is 11.3. The van der Waals surface area contributed by atoms with Crippen LogP contribution >= 0.6 is 15.9 Å². The van der Waals surface area contributed by atoms with E-state index < -0.39 is 12.1 Å². The topological polar surface area (TPSA) is 65.0 Å². The molecule has 0 saturated carbocycles. The van der Waals surface area contributed by atoms with Crippen molar-refractivity contribution in [3.63, 3.8) is 0 Å². The highest BCUT2D eigenvalue weighted by molar-refractivity contribution is 9.10. The minimum atomic E-state index is -1.40. The Labute approximate surface area is 120 Å². The summed E-state index contributed by atoms with van der Waals surface area (Å²) in [6.45, 7) is 1.95. The molecule has 0 bridgehead atoms. The van der Waals surface area contributed by atoms with Crippen LogP contribution in [0.2, 0.25) is 0 Å². The minimum Gasteiger partial charge on any atom is -0.495 e. The number of aliphatic hydroxyl groups is 1. The Kier molecular flexibility index (Phi) is 5.62. The van der Waals surface area contributed by atoms with E-state index >= 15 is 0 Å². The molecule has 0 spiro atoms. The van der Waals surface area contributed by atoms with Crippen molar-refractivity contribution in [2.75, 3.05) is 21.3 Å². The van der Waals surface area contributed by atoms with Crippen molar-refractivity contribution in [1.82, 2.24) is 0 Å². The van der Waals surface area contributed by atoms with Crippen LogP contribution in [-0.2, 0) is 16.0 Å². The lowest BCUT2D eigenvalue weighted by Crippen LogP contribution is -2.15. The first-order chi connectivity index (χ1) is 9.01. The van der Waals surface area contributed by atoms with Crippen LogP contribution in [0.5, 0.6) is 11.5 Å². The molecule has 1 rings (SSSR count). The van der Waals surface area contributed by atoms with E-state index in [2.05, 4.69) is 20.7 Å². The molecule has 0 amide bonds. The number of halogens is 1. The van der Waals surface area contributed by atoms with Gasteiger partial charge in [-0.3, -0.25) is 0 Å². The maximum absolute atomic E-state index is 11.5. The third-order valence-corrected chi connectivity index (χ3v) is 3.51. The molecule has 1 aromatic rings. The fraction of sp³-hybridized carbons (Fsp3) is 0.462. The van der Waals surface area contributed by atoms with E-state index in [4.69, 9.17) is 9.47 Å². The number of carbonyl (C=O) groups excluding carboxylic acids is 1. The van der Waals surface area contributed by atoms with Gasteiger partial charge in [0.2, 0.25) is 0 Å². The zero-order chi connectivity index (χ0) is 14.6. The Hall–Kier alpha value is -1.27. The molecule has 1 aromatic carbocycles. The van der Waals surface area contributed by atoms with Gasteiger partial charge in [0.1, 0.15) is 16.0 Å². The number of hydrogen-bond acceptors (Lipinski definition) is 5. The maximum Gasteiger partial charge on any atom is 0.339 e. The van der Waals surface area contributed by atoms with Crippen LogP contribution in [0, 0.1) is 0 Å². The summed E-state index contributed by atoms with van der Waals surface area (Å²) in [6, 6.07) is 1.68. The third kappa shape index (κ3) is 3.01. The molecule has 0 radical (unpaired) electrons. The van der Waals surface area contributed by atoms with E-state index in [0.717, 1.165) is 5.56 Å². The fourth-order valence-corrected chi connectivity index (χ4v) is 2.63. The van der Waals surface area contributed by atoms with E-state index in [1.165, 1.54) is 14.2 Å². The summed E-state index contributed by atoms with van der Waals surface area (Å²) in [5.41, 5.74) is 1.20. The number of hydrogen-bond donors (Lipinski definition) is 1. The van der Waals surface area contributed by atoms with E-state index in [0.29, 0.717) is 28.0 Å². The Balaban J connectivity index is 3.46. The molecule has 0 aromatic heterocycles. The standard InChI is InChI=1S/C13H17BrO5/c1-5-7-6-8(10(15)13(16)19-4)12(18-3)9(14)11(7)17-2/h6,10,15H,5H2,1-4H3. The van der Waals surface area contributed by atoms with Crippen LogP contribution in [-0.4, -0.2) is 32.4 Å². The Morgan fingerprint density at radius 1 is 1.32 bits per heavy atom. The summed E-state index contributed by atoms with van der Waals surface area (Å²) in [5, 5.41) is 9.99. The largest absolute Gasteiger partial charge is 0.495 e. The second kappa shape index (κ2) is 6.77. The van der Waals surface area contributed by atoms with E-state index in [9.17, 15) is 9.90 Å². The molecular formula is C13H17BrO5. The molecule has 19 heavy (non-hydrogen) atoms. The molecule has 0 aliphatic rings. The van der Waals surface area contributed by atoms with Crippen LogP contribution in [0.3, 0.4) is 0 Å². The van der Waals surface area contributed by atoms with Crippen molar-refractivity contribution in [1.29, 1.82) is 0 Å². The smallest absolute Gasteiger partial charge is 0.339 e. The highest BCUT2D eigenvalue weighted by Gasteiger charge is 2.26. The molecule has 0 saturated heterocycles. The minimum absolute atomic E-state index is 0.346. The van der Waals surface area contributed by atoms with Crippen molar-refractivity contribution in [3.8, 4) is 11.5 Å². The fourth-order valence-electron chi connectivity index (χ4n) is 1.82. The number of methoxy groups -OCH3 is 3. The van der Waals surface area contributed by atoms with Gasteiger partial charge in [-0.25, -0.2) is 4.79 Å². The lowest BCUT2D eigenvalue weighted by Gasteiger charge is -2.19. The third-order valence-electron chi connectivity index (χ3n) is 2.79. The number of esters is 1. The van der Waals surface area contributed by atoms with Gasteiger partial charge >= 0.3 is 5.97 Å². The molecule has 0 fully saturated rings.